The Balaban J connectivity index is 3.73. The average molecular weight is 344 g/mol. The fraction of sp³-hybridized carbons (Fsp3) is 1.00. The lowest BCUT2D eigenvalue weighted by Gasteiger charge is -2.11. The molecule has 1 unspecified atom stereocenters. The van der Waals surface area contributed by atoms with Crippen molar-refractivity contribution in [2.75, 3.05) is 25.2 Å². The molecule has 0 heterocycles. The highest BCUT2D eigenvalue weighted by Gasteiger charge is 2.13. The van der Waals surface area contributed by atoms with E-state index in [2.05, 4.69) is 11.1 Å². The van der Waals surface area contributed by atoms with Gasteiger partial charge in [-0.1, -0.05) is 33.1 Å². The normalized spacial score (nSPS) is 14.2. The molecule has 0 aliphatic carbocycles. The van der Waals surface area contributed by atoms with E-state index in [1.54, 1.807) is 0 Å². The summed E-state index contributed by atoms with van der Waals surface area (Å²) in [6.45, 7) is 4.28. The summed E-state index contributed by atoms with van der Waals surface area (Å²) in [6, 6.07) is 0. The van der Waals surface area contributed by atoms with Crippen molar-refractivity contribution in [1.29, 1.82) is 0 Å². The minimum absolute atomic E-state index is 0.0394. The molecular weight excluding hydrogens is 316 g/mol. The molecule has 0 aromatic heterocycles. The molecule has 0 aliphatic heterocycles. The van der Waals surface area contributed by atoms with E-state index in [4.69, 9.17) is 4.18 Å². The maximum Gasteiger partial charge on any atom is 0.267 e. The standard InChI is InChI=1S/C13H28O6S2/c1-4-5-8-13(2)9-12-21(16,17)19-11-7-6-10-18-20(3,14)15/h13H,4-12H2,1-3H3. The van der Waals surface area contributed by atoms with Crippen LogP contribution in [-0.4, -0.2) is 42.1 Å². The first kappa shape index (κ1) is 20.8. The SMILES string of the molecule is CCCCC(C)CCS(=O)(=O)OCCCCOS(C)(=O)=O. The molecule has 0 aromatic rings. The van der Waals surface area contributed by atoms with E-state index in [-0.39, 0.29) is 19.0 Å². The van der Waals surface area contributed by atoms with Crippen molar-refractivity contribution in [3.8, 4) is 0 Å². The van der Waals surface area contributed by atoms with E-state index in [0.29, 0.717) is 25.2 Å². The highest BCUT2D eigenvalue weighted by molar-refractivity contribution is 7.86. The van der Waals surface area contributed by atoms with Gasteiger partial charge in [-0.15, -0.1) is 0 Å². The van der Waals surface area contributed by atoms with Crippen LogP contribution in [0.15, 0.2) is 0 Å². The van der Waals surface area contributed by atoms with Gasteiger partial charge in [0.15, 0.2) is 0 Å². The third-order valence-corrected chi connectivity index (χ3v) is 4.87. The zero-order chi connectivity index (χ0) is 16.4. The molecule has 0 rings (SSSR count). The maximum absolute atomic E-state index is 11.7. The minimum atomic E-state index is -3.48. The van der Waals surface area contributed by atoms with Gasteiger partial charge in [0.2, 0.25) is 0 Å². The molecule has 0 aliphatic rings. The Morgan fingerprint density at radius 3 is 2.00 bits per heavy atom. The van der Waals surface area contributed by atoms with Crippen molar-refractivity contribution in [2.24, 2.45) is 5.92 Å². The van der Waals surface area contributed by atoms with Crippen LogP contribution in [0.2, 0.25) is 0 Å². The van der Waals surface area contributed by atoms with Crippen molar-refractivity contribution >= 4 is 20.2 Å². The lowest BCUT2D eigenvalue weighted by Crippen LogP contribution is -2.14. The molecular formula is C13H28O6S2. The molecule has 8 heteroatoms. The van der Waals surface area contributed by atoms with Crippen molar-refractivity contribution in [1.82, 2.24) is 0 Å². The number of unbranched alkanes of at least 4 members (excludes halogenated alkanes) is 2. The van der Waals surface area contributed by atoms with Crippen LogP contribution in [0.5, 0.6) is 0 Å². The summed E-state index contributed by atoms with van der Waals surface area (Å²) >= 11 is 0. The van der Waals surface area contributed by atoms with Crippen LogP contribution in [0.1, 0.15) is 52.4 Å². The molecule has 0 spiro atoms. The Morgan fingerprint density at radius 2 is 1.48 bits per heavy atom. The van der Waals surface area contributed by atoms with Gasteiger partial charge in [-0.3, -0.25) is 8.37 Å². The Labute approximate surface area is 129 Å². The summed E-state index contributed by atoms with van der Waals surface area (Å²) in [5.41, 5.74) is 0. The van der Waals surface area contributed by atoms with Crippen LogP contribution in [0.3, 0.4) is 0 Å². The summed E-state index contributed by atoms with van der Waals surface area (Å²) < 4.78 is 54.1. The second kappa shape index (κ2) is 10.5. The molecule has 0 radical (unpaired) electrons. The quantitative estimate of drug-likeness (QED) is 0.376. The van der Waals surface area contributed by atoms with Gasteiger partial charge in [0, 0.05) is 0 Å². The maximum atomic E-state index is 11.7. The van der Waals surface area contributed by atoms with Crippen molar-refractivity contribution < 1.29 is 25.2 Å². The zero-order valence-corrected chi connectivity index (χ0v) is 14.8. The fourth-order valence-electron chi connectivity index (χ4n) is 1.70. The molecule has 0 fully saturated rings. The van der Waals surface area contributed by atoms with Crippen molar-refractivity contribution in [3.05, 3.63) is 0 Å². The monoisotopic (exact) mass is 344 g/mol. The van der Waals surface area contributed by atoms with Crippen LogP contribution in [-0.2, 0) is 28.6 Å². The Hall–Kier alpha value is -0.180. The molecule has 0 saturated carbocycles. The number of hydrogen-bond donors (Lipinski definition) is 0. The third kappa shape index (κ3) is 14.5. The molecule has 0 N–H and O–H groups in total. The predicted octanol–water partition coefficient (Wildman–Crippen LogP) is 2.31. The van der Waals surface area contributed by atoms with Gasteiger partial charge in [0.1, 0.15) is 0 Å². The topological polar surface area (TPSA) is 86.7 Å². The van der Waals surface area contributed by atoms with Crippen molar-refractivity contribution in [3.63, 3.8) is 0 Å². The molecule has 0 aromatic carbocycles. The summed E-state index contributed by atoms with van der Waals surface area (Å²) in [7, 11) is -6.90. The molecule has 0 saturated heterocycles. The Kier molecular flexibility index (Phi) is 10.4. The van der Waals surface area contributed by atoms with Crippen LogP contribution in [0, 0.1) is 5.92 Å². The molecule has 128 valence electrons. The number of hydrogen-bond acceptors (Lipinski definition) is 6. The summed E-state index contributed by atoms with van der Waals surface area (Å²) in [4.78, 5) is 0. The predicted molar refractivity (Wildman–Crippen MR) is 83.1 cm³/mol. The van der Waals surface area contributed by atoms with Crippen LogP contribution >= 0.6 is 0 Å². The summed E-state index contributed by atoms with van der Waals surface area (Å²) in [6.07, 6.45) is 5.74. The molecule has 1 atom stereocenters. The highest BCUT2D eigenvalue weighted by Crippen LogP contribution is 2.13. The molecule has 0 bridgehead atoms. The van der Waals surface area contributed by atoms with E-state index in [0.717, 1.165) is 25.5 Å². The first-order chi connectivity index (χ1) is 9.66. The molecule has 6 nitrogen and oxygen atoms in total. The largest absolute Gasteiger partial charge is 0.270 e. The van der Waals surface area contributed by atoms with Gasteiger partial charge in [0.05, 0.1) is 25.2 Å². The van der Waals surface area contributed by atoms with E-state index in [1.165, 1.54) is 0 Å². The average Bonchev–Trinajstić information content (AvgIpc) is 2.37. The van der Waals surface area contributed by atoms with Gasteiger partial charge in [-0.25, -0.2) is 0 Å². The van der Waals surface area contributed by atoms with Gasteiger partial charge < -0.3 is 0 Å². The Morgan fingerprint density at radius 1 is 0.905 bits per heavy atom. The summed E-state index contributed by atoms with van der Waals surface area (Å²) in [5, 5.41) is 0. The summed E-state index contributed by atoms with van der Waals surface area (Å²) in [5.74, 6) is 0.420. The van der Waals surface area contributed by atoms with Gasteiger partial charge in [-0.05, 0) is 25.2 Å². The minimum Gasteiger partial charge on any atom is -0.270 e. The second-order valence-corrected chi connectivity index (χ2v) is 8.76. The van der Waals surface area contributed by atoms with E-state index in [9.17, 15) is 16.8 Å². The fourth-order valence-corrected chi connectivity index (χ4v) is 3.30. The lowest BCUT2D eigenvalue weighted by molar-refractivity contribution is 0.271. The molecule has 0 amide bonds. The van der Waals surface area contributed by atoms with Gasteiger partial charge in [-0.2, -0.15) is 16.8 Å². The van der Waals surface area contributed by atoms with Gasteiger partial charge >= 0.3 is 0 Å². The first-order valence-electron chi connectivity index (χ1n) is 7.38. The third-order valence-electron chi connectivity index (χ3n) is 3.01. The van der Waals surface area contributed by atoms with Crippen LogP contribution < -0.4 is 0 Å². The van der Waals surface area contributed by atoms with Crippen molar-refractivity contribution in [2.45, 2.75) is 52.4 Å². The lowest BCUT2D eigenvalue weighted by atomic mass is 10.0. The Bertz CT molecular complexity index is 455. The van der Waals surface area contributed by atoms with Crippen LogP contribution in [0.25, 0.3) is 0 Å². The first-order valence-corrected chi connectivity index (χ1v) is 10.8. The molecule has 21 heavy (non-hydrogen) atoms. The number of rotatable bonds is 13. The highest BCUT2D eigenvalue weighted by atomic mass is 32.2. The van der Waals surface area contributed by atoms with Crippen LogP contribution in [0.4, 0.5) is 0 Å². The van der Waals surface area contributed by atoms with Gasteiger partial charge in [0.25, 0.3) is 20.2 Å². The second-order valence-electron chi connectivity index (χ2n) is 5.35. The van der Waals surface area contributed by atoms with E-state index >= 15 is 0 Å². The van der Waals surface area contributed by atoms with E-state index in [1.807, 2.05) is 6.92 Å². The van der Waals surface area contributed by atoms with E-state index < -0.39 is 20.2 Å². The zero-order valence-electron chi connectivity index (χ0n) is 13.2. The smallest absolute Gasteiger partial charge is 0.267 e.